The molecule has 0 saturated heterocycles. The molecule has 0 aliphatic carbocycles. The van der Waals surface area contributed by atoms with E-state index in [-0.39, 0.29) is 5.91 Å². The van der Waals surface area contributed by atoms with Crippen LogP contribution in [-0.4, -0.2) is 55.5 Å². The average Bonchev–Trinajstić information content (AvgIpc) is 2.14. The number of nitrogens with zero attached hydrogens (tertiary/aromatic N) is 1. The third-order valence-corrected chi connectivity index (χ3v) is 2.11. The van der Waals surface area contributed by atoms with Gasteiger partial charge in [0.25, 0.3) is 0 Å². The van der Waals surface area contributed by atoms with E-state index in [0.717, 1.165) is 13.0 Å². The lowest BCUT2D eigenvalue weighted by atomic mass is 10.3. The summed E-state index contributed by atoms with van der Waals surface area (Å²) >= 11 is 0. The van der Waals surface area contributed by atoms with E-state index >= 15 is 0 Å². The van der Waals surface area contributed by atoms with Gasteiger partial charge in [-0.3, -0.25) is 4.79 Å². The first-order valence-corrected chi connectivity index (χ1v) is 6.09. The summed E-state index contributed by atoms with van der Waals surface area (Å²) < 4.78 is 5.12. The fraction of sp³-hybridized carbons (Fsp3) is 0.917. The number of aliphatic hydroxyl groups is 1. The Morgan fingerprint density at radius 3 is 2.53 bits per heavy atom. The van der Waals surface area contributed by atoms with Crippen LogP contribution in [-0.2, 0) is 9.53 Å². The van der Waals surface area contributed by atoms with Gasteiger partial charge in [-0.05, 0) is 47.3 Å². The molecule has 0 heterocycles. The normalized spacial score (nSPS) is 11.9. The van der Waals surface area contributed by atoms with Crippen molar-refractivity contribution in [2.75, 3.05) is 33.8 Å². The average molecular weight is 246 g/mol. The summed E-state index contributed by atoms with van der Waals surface area (Å²) in [7, 11) is 3.98. The van der Waals surface area contributed by atoms with Crippen LogP contribution in [0.25, 0.3) is 0 Å². The van der Waals surface area contributed by atoms with Crippen LogP contribution in [0.4, 0.5) is 0 Å². The fourth-order valence-electron chi connectivity index (χ4n) is 1.27. The topological polar surface area (TPSA) is 61.8 Å². The van der Waals surface area contributed by atoms with E-state index < -0.39 is 5.79 Å². The summed E-state index contributed by atoms with van der Waals surface area (Å²) in [5.74, 6) is -1.01. The van der Waals surface area contributed by atoms with Gasteiger partial charge in [0.05, 0.1) is 6.61 Å². The number of rotatable bonds is 9. The number of carbonyl (C=O) groups is 1. The molecule has 0 aromatic heterocycles. The van der Waals surface area contributed by atoms with Gasteiger partial charge in [-0.25, -0.2) is 0 Å². The molecule has 0 unspecified atom stereocenters. The standard InChI is InChI=1S/C12H26N2O3/c1-12(2,16)17-10-6-8-13-11(15)7-5-9-14(3)4/h16H,5-10H2,1-4H3,(H,13,15). The first-order valence-electron chi connectivity index (χ1n) is 6.09. The molecule has 0 aromatic rings. The van der Waals surface area contributed by atoms with Gasteiger partial charge in [-0.15, -0.1) is 0 Å². The predicted octanol–water partition coefficient (Wildman–Crippen LogP) is 0.580. The highest BCUT2D eigenvalue weighted by atomic mass is 16.6. The van der Waals surface area contributed by atoms with Crippen molar-refractivity contribution < 1.29 is 14.6 Å². The number of amides is 1. The van der Waals surface area contributed by atoms with E-state index in [1.54, 1.807) is 13.8 Å². The number of carbonyl (C=O) groups excluding carboxylic acids is 1. The molecule has 0 rings (SSSR count). The Morgan fingerprint density at radius 1 is 1.35 bits per heavy atom. The lowest BCUT2D eigenvalue weighted by molar-refractivity contribution is -0.176. The third-order valence-electron chi connectivity index (χ3n) is 2.11. The maximum absolute atomic E-state index is 11.4. The van der Waals surface area contributed by atoms with Gasteiger partial charge < -0.3 is 20.1 Å². The molecule has 1 amide bonds. The van der Waals surface area contributed by atoms with Crippen molar-refractivity contribution in [1.29, 1.82) is 0 Å². The molecule has 5 nitrogen and oxygen atoms in total. The summed E-state index contributed by atoms with van der Waals surface area (Å²) in [6.07, 6.45) is 2.15. The van der Waals surface area contributed by atoms with Crippen molar-refractivity contribution in [1.82, 2.24) is 10.2 Å². The van der Waals surface area contributed by atoms with E-state index in [1.165, 1.54) is 0 Å². The highest BCUT2D eigenvalue weighted by Gasteiger charge is 2.11. The molecule has 0 spiro atoms. The molecule has 0 fully saturated rings. The first kappa shape index (κ1) is 16.4. The second-order valence-electron chi connectivity index (χ2n) is 4.91. The Labute approximate surface area is 104 Å². The smallest absolute Gasteiger partial charge is 0.220 e. The van der Waals surface area contributed by atoms with Gasteiger partial charge >= 0.3 is 0 Å². The molecule has 0 bridgehead atoms. The molecule has 17 heavy (non-hydrogen) atoms. The van der Waals surface area contributed by atoms with Crippen LogP contribution in [0, 0.1) is 0 Å². The van der Waals surface area contributed by atoms with Gasteiger partial charge in [0.2, 0.25) is 5.91 Å². The zero-order chi connectivity index (χ0) is 13.3. The Morgan fingerprint density at radius 2 is 2.00 bits per heavy atom. The lowest BCUT2D eigenvalue weighted by Gasteiger charge is -2.17. The SMILES string of the molecule is CN(C)CCCC(=O)NCCCOC(C)(C)O. The third kappa shape index (κ3) is 13.3. The molecule has 5 heteroatoms. The first-order chi connectivity index (χ1) is 7.81. The van der Waals surface area contributed by atoms with Crippen LogP contribution in [0.5, 0.6) is 0 Å². The molecule has 102 valence electrons. The highest BCUT2D eigenvalue weighted by Crippen LogP contribution is 2.02. The minimum Gasteiger partial charge on any atom is -0.366 e. The second kappa shape index (κ2) is 8.44. The molecule has 0 radical (unpaired) electrons. The fourth-order valence-corrected chi connectivity index (χ4v) is 1.27. The molecule has 0 saturated carbocycles. The van der Waals surface area contributed by atoms with Crippen molar-refractivity contribution in [2.45, 2.75) is 38.9 Å². The van der Waals surface area contributed by atoms with Crippen molar-refractivity contribution >= 4 is 5.91 Å². The van der Waals surface area contributed by atoms with Crippen molar-refractivity contribution in [2.24, 2.45) is 0 Å². The van der Waals surface area contributed by atoms with Gasteiger partial charge in [0.15, 0.2) is 5.79 Å². The van der Waals surface area contributed by atoms with Gasteiger partial charge in [-0.1, -0.05) is 0 Å². The summed E-state index contributed by atoms with van der Waals surface area (Å²) in [4.78, 5) is 13.4. The van der Waals surface area contributed by atoms with Crippen LogP contribution in [0.1, 0.15) is 33.1 Å². The molecule has 0 aliphatic rings. The van der Waals surface area contributed by atoms with Gasteiger partial charge in [0.1, 0.15) is 0 Å². The Balaban J connectivity index is 3.34. The number of hydrogen-bond donors (Lipinski definition) is 2. The van der Waals surface area contributed by atoms with Crippen LogP contribution >= 0.6 is 0 Å². The molecule has 0 atom stereocenters. The van der Waals surface area contributed by atoms with Crippen molar-refractivity contribution in [3.63, 3.8) is 0 Å². The lowest BCUT2D eigenvalue weighted by Crippen LogP contribution is -2.28. The molecule has 0 aromatic carbocycles. The Bertz CT molecular complexity index is 212. The summed E-state index contributed by atoms with van der Waals surface area (Å²) in [6.45, 7) is 5.15. The van der Waals surface area contributed by atoms with Crippen molar-refractivity contribution in [3.05, 3.63) is 0 Å². The summed E-state index contributed by atoms with van der Waals surface area (Å²) in [6, 6.07) is 0. The molecule has 2 N–H and O–H groups in total. The highest BCUT2D eigenvalue weighted by molar-refractivity contribution is 5.75. The molecular weight excluding hydrogens is 220 g/mol. The maximum atomic E-state index is 11.4. The zero-order valence-electron chi connectivity index (χ0n) is 11.5. The minimum absolute atomic E-state index is 0.0788. The summed E-state index contributed by atoms with van der Waals surface area (Å²) in [5, 5.41) is 12.1. The van der Waals surface area contributed by atoms with E-state index in [9.17, 15) is 9.90 Å². The minimum atomic E-state index is -1.09. The van der Waals surface area contributed by atoms with Gasteiger partial charge in [-0.2, -0.15) is 0 Å². The van der Waals surface area contributed by atoms with Crippen LogP contribution in [0.2, 0.25) is 0 Å². The predicted molar refractivity (Wildman–Crippen MR) is 67.7 cm³/mol. The van der Waals surface area contributed by atoms with Crippen LogP contribution in [0.3, 0.4) is 0 Å². The van der Waals surface area contributed by atoms with E-state index in [1.807, 2.05) is 14.1 Å². The van der Waals surface area contributed by atoms with E-state index in [4.69, 9.17) is 4.74 Å². The van der Waals surface area contributed by atoms with E-state index in [0.29, 0.717) is 26.0 Å². The number of nitrogens with one attached hydrogen (secondary N) is 1. The van der Waals surface area contributed by atoms with Gasteiger partial charge in [0, 0.05) is 13.0 Å². The monoisotopic (exact) mass is 246 g/mol. The zero-order valence-corrected chi connectivity index (χ0v) is 11.5. The largest absolute Gasteiger partial charge is 0.366 e. The number of ether oxygens (including phenoxy) is 1. The van der Waals surface area contributed by atoms with E-state index in [2.05, 4.69) is 10.2 Å². The Kier molecular flexibility index (Phi) is 8.12. The van der Waals surface area contributed by atoms with Crippen LogP contribution < -0.4 is 5.32 Å². The van der Waals surface area contributed by atoms with Crippen LogP contribution in [0.15, 0.2) is 0 Å². The quantitative estimate of drug-likeness (QED) is 0.461. The maximum Gasteiger partial charge on any atom is 0.220 e. The summed E-state index contributed by atoms with van der Waals surface area (Å²) in [5.41, 5.74) is 0. The molecular formula is C12H26N2O3. The Hall–Kier alpha value is -0.650. The second-order valence-corrected chi connectivity index (χ2v) is 4.91. The van der Waals surface area contributed by atoms with Crippen molar-refractivity contribution in [3.8, 4) is 0 Å². The number of hydrogen-bond acceptors (Lipinski definition) is 4. The molecule has 0 aliphatic heterocycles.